The van der Waals surface area contributed by atoms with Crippen molar-refractivity contribution >= 4 is 22.3 Å². The number of benzene rings is 1. The van der Waals surface area contributed by atoms with E-state index in [9.17, 15) is 18.9 Å². The SMILES string of the molecule is O=[N+]([O-])c1cccc2c(N(CCO)CC(F)F)ccnc12. The fourth-order valence-corrected chi connectivity index (χ4v) is 2.17. The van der Waals surface area contributed by atoms with Gasteiger partial charge < -0.3 is 10.0 Å². The summed E-state index contributed by atoms with van der Waals surface area (Å²) in [5.74, 6) is 0. The zero-order valence-electron chi connectivity index (χ0n) is 10.9. The number of fused-ring (bicyclic) bond motifs is 1. The maximum Gasteiger partial charge on any atom is 0.295 e. The van der Waals surface area contributed by atoms with E-state index in [4.69, 9.17) is 5.11 Å². The van der Waals surface area contributed by atoms with E-state index in [1.807, 2.05) is 0 Å². The van der Waals surface area contributed by atoms with Gasteiger partial charge in [0.15, 0.2) is 0 Å². The topological polar surface area (TPSA) is 79.5 Å². The normalized spacial score (nSPS) is 11.0. The Bertz CT molecular complexity index is 652. The van der Waals surface area contributed by atoms with Crippen molar-refractivity contribution in [1.82, 2.24) is 4.98 Å². The first-order valence-corrected chi connectivity index (χ1v) is 6.20. The molecule has 2 rings (SSSR count). The maximum absolute atomic E-state index is 12.7. The van der Waals surface area contributed by atoms with E-state index in [1.165, 1.54) is 29.3 Å². The molecule has 1 aromatic carbocycles. The van der Waals surface area contributed by atoms with Crippen LogP contribution in [0.2, 0.25) is 0 Å². The number of nitrogens with zero attached hydrogens (tertiary/aromatic N) is 3. The highest BCUT2D eigenvalue weighted by Crippen LogP contribution is 2.31. The van der Waals surface area contributed by atoms with Crippen LogP contribution < -0.4 is 4.90 Å². The van der Waals surface area contributed by atoms with E-state index in [-0.39, 0.29) is 24.4 Å². The maximum atomic E-state index is 12.7. The number of nitro benzene ring substituents is 1. The highest BCUT2D eigenvalue weighted by Gasteiger charge is 2.19. The smallest absolute Gasteiger partial charge is 0.295 e. The van der Waals surface area contributed by atoms with Gasteiger partial charge in [-0.05, 0) is 6.07 Å². The van der Waals surface area contributed by atoms with Crippen LogP contribution in [0.5, 0.6) is 0 Å². The van der Waals surface area contributed by atoms with E-state index >= 15 is 0 Å². The second-order valence-electron chi connectivity index (χ2n) is 4.32. The Morgan fingerprint density at radius 1 is 1.38 bits per heavy atom. The van der Waals surface area contributed by atoms with Crippen molar-refractivity contribution in [3.63, 3.8) is 0 Å². The number of pyridine rings is 1. The van der Waals surface area contributed by atoms with E-state index in [0.717, 1.165) is 0 Å². The first-order chi connectivity index (χ1) is 10.0. The van der Waals surface area contributed by atoms with E-state index < -0.39 is 17.9 Å². The second kappa shape index (κ2) is 6.40. The Morgan fingerprint density at radius 3 is 2.76 bits per heavy atom. The molecule has 8 heteroatoms. The number of alkyl halides is 2. The van der Waals surface area contributed by atoms with Gasteiger partial charge in [0.1, 0.15) is 5.52 Å². The van der Waals surface area contributed by atoms with Crippen LogP contribution in [0.25, 0.3) is 10.9 Å². The Balaban J connectivity index is 2.57. The second-order valence-corrected chi connectivity index (χ2v) is 4.32. The minimum absolute atomic E-state index is 0.00610. The molecule has 0 unspecified atom stereocenters. The number of aliphatic hydroxyl groups excluding tert-OH is 1. The Labute approximate surface area is 118 Å². The molecule has 0 amide bonds. The molecule has 0 saturated carbocycles. The zero-order chi connectivity index (χ0) is 15.4. The van der Waals surface area contributed by atoms with Crippen LogP contribution in [0, 0.1) is 10.1 Å². The molecule has 0 aliphatic carbocycles. The molecule has 0 atom stereocenters. The van der Waals surface area contributed by atoms with Crippen molar-refractivity contribution in [1.29, 1.82) is 0 Å². The molecule has 112 valence electrons. The summed E-state index contributed by atoms with van der Waals surface area (Å²) in [6, 6.07) is 5.87. The van der Waals surface area contributed by atoms with Crippen LogP contribution in [0.4, 0.5) is 20.2 Å². The molecule has 6 nitrogen and oxygen atoms in total. The first kappa shape index (κ1) is 15.0. The van der Waals surface area contributed by atoms with Crippen LogP contribution in [0.1, 0.15) is 0 Å². The third kappa shape index (κ3) is 3.22. The number of nitro groups is 1. The van der Waals surface area contributed by atoms with Gasteiger partial charge in [0.25, 0.3) is 12.1 Å². The number of rotatable bonds is 6. The summed E-state index contributed by atoms with van der Waals surface area (Å²) in [6.07, 6.45) is -1.25. The molecular formula is C13H13F2N3O3. The van der Waals surface area contributed by atoms with Gasteiger partial charge in [-0.1, -0.05) is 12.1 Å². The van der Waals surface area contributed by atoms with Crippen LogP contribution in [0.15, 0.2) is 30.5 Å². The summed E-state index contributed by atoms with van der Waals surface area (Å²) in [5, 5.41) is 20.4. The lowest BCUT2D eigenvalue weighted by molar-refractivity contribution is -0.383. The van der Waals surface area contributed by atoms with Crippen molar-refractivity contribution in [2.24, 2.45) is 0 Å². The quantitative estimate of drug-likeness (QED) is 0.653. The molecule has 0 aliphatic heterocycles. The third-order valence-electron chi connectivity index (χ3n) is 2.99. The molecule has 0 saturated heterocycles. The van der Waals surface area contributed by atoms with Gasteiger partial charge in [0, 0.05) is 29.9 Å². The highest BCUT2D eigenvalue weighted by atomic mass is 19.3. The third-order valence-corrected chi connectivity index (χ3v) is 2.99. The average molecular weight is 297 g/mol. The fourth-order valence-electron chi connectivity index (χ4n) is 2.17. The van der Waals surface area contributed by atoms with Crippen molar-refractivity contribution in [3.05, 3.63) is 40.6 Å². The molecule has 0 fully saturated rings. The molecule has 1 heterocycles. The van der Waals surface area contributed by atoms with Gasteiger partial charge in [-0.3, -0.25) is 10.1 Å². The van der Waals surface area contributed by atoms with E-state index in [0.29, 0.717) is 11.1 Å². The molecule has 21 heavy (non-hydrogen) atoms. The predicted octanol–water partition coefficient (Wildman–Crippen LogP) is 2.21. The van der Waals surface area contributed by atoms with Crippen molar-refractivity contribution < 1.29 is 18.8 Å². The van der Waals surface area contributed by atoms with Crippen LogP contribution in [0.3, 0.4) is 0 Å². The van der Waals surface area contributed by atoms with Gasteiger partial charge in [0.05, 0.1) is 18.1 Å². The van der Waals surface area contributed by atoms with Gasteiger partial charge >= 0.3 is 0 Å². The highest BCUT2D eigenvalue weighted by molar-refractivity contribution is 5.96. The average Bonchev–Trinajstić information content (AvgIpc) is 2.45. The predicted molar refractivity (Wildman–Crippen MR) is 73.7 cm³/mol. The number of aromatic nitrogens is 1. The van der Waals surface area contributed by atoms with Crippen LogP contribution in [-0.2, 0) is 0 Å². The minimum atomic E-state index is -2.58. The Hall–Kier alpha value is -2.35. The van der Waals surface area contributed by atoms with Crippen molar-refractivity contribution in [2.75, 3.05) is 24.6 Å². The molecule has 1 aromatic heterocycles. The van der Waals surface area contributed by atoms with Crippen molar-refractivity contribution in [2.45, 2.75) is 6.43 Å². The molecule has 0 aliphatic rings. The van der Waals surface area contributed by atoms with Gasteiger partial charge in [-0.15, -0.1) is 0 Å². The minimum Gasteiger partial charge on any atom is -0.395 e. The van der Waals surface area contributed by atoms with Gasteiger partial charge in [-0.25, -0.2) is 13.8 Å². The van der Waals surface area contributed by atoms with Crippen LogP contribution >= 0.6 is 0 Å². The molecule has 0 bridgehead atoms. The monoisotopic (exact) mass is 297 g/mol. The Morgan fingerprint density at radius 2 is 2.14 bits per heavy atom. The number of anilines is 1. The molecule has 0 spiro atoms. The van der Waals surface area contributed by atoms with E-state index in [2.05, 4.69) is 4.98 Å². The summed E-state index contributed by atoms with van der Waals surface area (Å²) in [6.45, 7) is -0.861. The first-order valence-electron chi connectivity index (χ1n) is 6.20. The lowest BCUT2D eigenvalue weighted by atomic mass is 10.1. The summed E-state index contributed by atoms with van der Waals surface area (Å²) < 4.78 is 25.3. The summed E-state index contributed by atoms with van der Waals surface area (Å²) in [5.41, 5.74) is 0.339. The Kier molecular flexibility index (Phi) is 4.59. The fraction of sp³-hybridized carbons (Fsp3) is 0.308. The molecule has 0 radical (unpaired) electrons. The lowest BCUT2D eigenvalue weighted by Crippen LogP contribution is -2.31. The zero-order valence-corrected chi connectivity index (χ0v) is 10.9. The van der Waals surface area contributed by atoms with Gasteiger partial charge in [-0.2, -0.15) is 0 Å². The molecule has 1 N–H and O–H groups in total. The van der Waals surface area contributed by atoms with Crippen molar-refractivity contribution in [3.8, 4) is 0 Å². The number of halogens is 2. The van der Waals surface area contributed by atoms with E-state index in [1.54, 1.807) is 6.07 Å². The lowest BCUT2D eigenvalue weighted by Gasteiger charge is -2.24. The summed E-state index contributed by atoms with van der Waals surface area (Å²) in [4.78, 5) is 15.7. The largest absolute Gasteiger partial charge is 0.395 e. The molecular weight excluding hydrogens is 284 g/mol. The summed E-state index contributed by atoms with van der Waals surface area (Å²) >= 11 is 0. The number of hydrogen-bond donors (Lipinski definition) is 1. The van der Waals surface area contributed by atoms with Crippen LogP contribution in [-0.4, -0.2) is 41.1 Å². The number of aliphatic hydroxyl groups is 1. The summed E-state index contributed by atoms with van der Waals surface area (Å²) in [7, 11) is 0. The number of hydrogen-bond acceptors (Lipinski definition) is 5. The molecule has 2 aromatic rings. The number of non-ortho nitro benzene ring substituents is 1. The number of para-hydroxylation sites is 1. The van der Waals surface area contributed by atoms with Gasteiger partial charge in [0.2, 0.25) is 0 Å². The standard InChI is InChI=1S/C13H13F2N3O3/c14-12(15)8-17(6-7-19)10-4-5-16-13-9(10)2-1-3-11(13)18(20)21/h1-5,12,19H,6-8H2.